The van der Waals surface area contributed by atoms with Crippen LogP contribution in [0.25, 0.3) is 21.8 Å². The third-order valence-corrected chi connectivity index (χ3v) is 3.33. The summed E-state index contributed by atoms with van der Waals surface area (Å²) in [6.45, 7) is 1.09. The second kappa shape index (κ2) is 6.65. The molecule has 2 heterocycles. The van der Waals surface area contributed by atoms with E-state index < -0.39 is 6.67 Å². The zero-order valence-electron chi connectivity index (χ0n) is 11.6. The molecule has 0 saturated carbocycles. The summed E-state index contributed by atoms with van der Waals surface area (Å²) >= 11 is 0. The van der Waals surface area contributed by atoms with Crippen molar-refractivity contribution in [1.29, 1.82) is 0 Å². The Morgan fingerprint density at radius 2 is 1.90 bits per heavy atom. The maximum Gasteiger partial charge on any atom is 0.113 e. The van der Waals surface area contributed by atoms with Crippen LogP contribution in [-0.4, -0.2) is 36.5 Å². The van der Waals surface area contributed by atoms with Crippen molar-refractivity contribution in [2.24, 2.45) is 0 Å². The Kier molecular flexibility index (Phi) is 4.43. The van der Waals surface area contributed by atoms with Gasteiger partial charge in [0.25, 0.3) is 0 Å². The number of hydrogen-bond acceptors (Lipinski definition) is 3. The minimum atomic E-state index is -0.452. The van der Waals surface area contributed by atoms with Crippen LogP contribution in [0.2, 0.25) is 0 Å². The number of fused-ring (bicyclic) bond motifs is 3. The van der Waals surface area contributed by atoms with E-state index in [1.807, 2.05) is 18.3 Å². The van der Waals surface area contributed by atoms with Crippen molar-refractivity contribution in [3.8, 4) is 0 Å². The molecule has 1 N–H and O–H groups in total. The normalized spacial score (nSPS) is 11.5. The van der Waals surface area contributed by atoms with Crippen molar-refractivity contribution >= 4 is 21.8 Å². The van der Waals surface area contributed by atoms with Crippen LogP contribution in [0.1, 0.15) is 5.56 Å². The van der Waals surface area contributed by atoms with Crippen LogP contribution in [0, 0.1) is 0 Å². The van der Waals surface area contributed by atoms with Crippen molar-refractivity contribution in [3.05, 3.63) is 42.2 Å². The summed E-state index contributed by atoms with van der Waals surface area (Å²) in [5.41, 5.74) is 3.25. The Bertz CT molecular complexity index is 726. The molecule has 0 aliphatic heterocycles. The van der Waals surface area contributed by atoms with Gasteiger partial charge in [0.15, 0.2) is 0 Å². The Hall–Kier alpha value is -1.98. The fraction of sp³-hybridized carbons (Fsp3) is 0.312. The number of alkyl halides is 1. The monoisotopic (exact) mass is 288 g/mol. The van der Waals surface area contributed by atoms with Crippen LogP contribution in [0.5, 0.6) is 0 Å². The van der Waals surface area contributed by atoms with Gasteiger partial charge in [-0.05, 0) is 17.7 Å². The summed E-state index contributed by atoms with van der Waals surface area (Å²) in [5, 5.41) is 2.28. The van der Waals surface area contributed by atoms with E-state index in [0.717, 1.165) is 27.4 Å². The molecule has 2 aromatic heterocycles. The van der Waals surface area contributed by atoms with Crippen LogP contribution in [0.3, 0.4) is 0 Å². The number of nitrogens with zero attached hydrogens (tertiary/aromatic N) is 1. The molecule has 1 aromatic carbocycles. The number of halogens is 1. The molecule has 0 radical (unpaired) electrons. The number of ether oxygens (including phenoxy) is 2. The highest BCUT2D eigenvalue weighted by molar-refractivity contribution is 6.06. The quantitative estimate of drug-likeness (QED) is 0.679. The molecule has 0 bridgehead atoms. The number of hydrogen-bond donors (Lipinski definition) is 1. The summed E-state index contributed by atoms with van der Waals surface area (Å²) in [6, 6.07) is 8.17. The second-order valence-electron chi connectivity index (χ2n) is 4.78. The standard InChI is InChI=1S/C16H17FN2O2/c17-4-6-20-7-8-21-11-12-1-2-13-14-10-18-5-3-15(14)19-16(13)9-12/h1-3,5,9-10,19H,4,6-8,11H2. The van der Waals surface area contributed by atoms with Gasteiger partial charge in [0.1, 0.15) is 6.67 Å². The molecule has 4 nitrogen and oxygen atoms in total. The van der Waals surface area contributed by atoms with E-state index >= 15 is 0 Å². The highest BCUT2D eigenvalue weighted by Crippen LogP contribution is 2.25. The van der Waals surface area contributed by atoms with Crippen LogP contribution in [0.15, 0.2) is 36.7 Å². The SMILES string of the molecule is FCCOCCOCc1ccc2c(c1)[nH]c1ccncc12. The van der Waals surface area contributed by atoms with Gasteiger partial charge in [0.2, 0.25) is 0 Å². The number of benzene rings is 1. The summed E-state index contributed by atoms with van der Waals surface area (Å²) in [7, 11) is 0. The molecule has 3 aromatic rings. The topological polar surface area (TPSA) is 47.1 Å². The number of nitrogens with one attached hydrogen (secondary N) is 1. The third-order valence-electron chi connectivity index (χ3n) is 3.33. The number of H-pyrrole nitrogens is 1. The van der Waals surface area contributed by atoms with Gasteiger partial charge in [-0.15, -0.1) is 0 Å². The maximum atomic E-state index is 11.8. The van der Waals surface area contributed by atoms with Gasteiger partial charge in [-0.2, -0.15) is 0 Å². The van der Waals surface area contributed by atoms with Crippen molar-refractivity contribution in [2.75, 3.05) is 26.5 Å². The molecule has 0 aliphatic carbocycles. The van der Waals surface area contributed by atoms with E-state index in [0.29, 0.717) is 19.8 Å². The average Bonchev–Trinajstić information content (AvgIpc) is 2.88. The molecular weight excluding hydrogens is 271 g/mol. The molecule has 0 unspecified atom stereocenters. The van der Waals surface area contributed by atoms with Gasteiger partial charge in [-0.3, -0.25) is 4.98 Å². The molecule has 0 amide bonds. The van der Waals surface area contributed by atoms with Crippen molar-refractivity contribution in [3.63, 3.8) is 0 Å². The average molecular weight is 288 g/mol. The molecular formula is C16H17FN2O2. The summed E-state index contributed by atoms with van der Waals surface area (Å²) in [5.74, 6) is 0. The lowest BCUT2D eigenvalue weighted by atomic mass is 10.1. The van der Waals surface area contributed by atoms with E-state index in [2.05, 4.69) is 22.1 Å². The van der Waals surface area contributed by atoms with E-state index in [9.17, 15) is 4.39 Å². The molecule has 0 fully saturated rings. The number of aromatic nitrogens is 2. The van der Waals surface area contributed by atoms with Crippen LogP contribution < -0.4 is 0 Å². The minimum absolute atomic E-state index is 0.137. The van der Waals surface area contributed by atoms with E-state index in [1.54, 1.807) is 6.20 Å². The first-order chi connectivity index (χ1) is 10.4. The lowest BCUT2D eigenvalue weighted by Gasteiger charge is -2.05. The highest BCUT2D eigenvalue weighted by atomic mass is 19.1. The number of rotatable bonds is 7. The zero-order valence-corrected chi connectivity index (χ0v) is 11.6. The van der Waals surface area contributed by atoms with E-state index in [1.165, 1.54) is 0 Å². The summed E-state index contributed by atoms with van der Waals surface area (Å²) in [4.78, 5) is 7.53. The molecule has 3 rings (SSSR count). The van der Waals surface area contributed by atoms with Crippen LogP contribution in [-0.2, 0) is 16.1 Å². The first kappa shape index (κ1) is 14.0. The van der Waals surface area contributed by atoms with Crippen LogP contribution in [0.4, 0.5) is 4.39 Å². The van der Waals surface area contributed by atoms with Gasteiger partial charge in [0, 0.05) is 34.2 Å². The van der Waals surface area contributed by atoms with E-state index in [4.69, 9.17) is 9.47 Å². The largest absolute Gasteiger partial charge is 0.376 e. The fourth-order valence-electron chi connectivity index (χ4n) is 2.35. The smallest absolute Gasteiger partial charge is 0.113 e. The van der Waals surface area contributed by atoms with Crippen molar-refractivity contribution in [1.82, 2.24) is 9.97 Å². The molecule has 0 aliphatic rings. The molecule has 0 saturated heterocycles. The Balaban J connectivity index is 1.66. The third kappa shape index (κ3) is 3.20. The molecule has 110 valence electrons. The number of pyridine rings is 1. The van der Waals surface area contributed by atoms with Gasteiger partial charge >= 0.3 is 0 Å². The Morgan fingerprint density at radius 3 is 2.81 bits per heavy atom. The minimum Gasteiger partial charge on any atom is -0.376 e. The first-order valence-corrected chi connectivity index (χ1v) is 6.94. The second-order valence-corrected chi connectivity index (χ2v) is 4.78. The summed E-state index contributed by atoms with van der Waals surface area (Å²) in [6.07, 6.45) is 3.64. The van der Waals surface area contributed by atoms with E-state index in [-0.39, 0.29) is 6.61 Å². The van der Waals surface area contributed by atoms with Crippen molar-refractivity contribution < 1.29 is 13.9 Å². The Labute approximate surface area is 121 Å². The Morgan fingerprint density at radius 1 is 1.00 bits per heavy atom. The lowest BCUT2D eigenvalue weighted by Crippen LogP contribution is -2.06. The maximum absolute atomic E-state index is 11.8. The summed E-state index contributed by atoms with van der Waals surface area (Å²) < 4.78 is 22.4. The number of aromatic amines is 1. The zero-order chi connectivity index (χ0) is 14.5. The molecule has 0 atom stereocenters. The van der Waals surface area contributed by atoms with Gasteiger partial charge in [-0.1, -0.05) is 12.1 Å². The molecule has 21 heavy (non-hydrogen) atoms. The predicted molar refractivity (Wildman–Crippen MR) is 80.0 cm³/mol. The van der Waals surface area contributed by atoms with Gasteiger partial charge in [-0.25, -0.2) is 4.39 Å². The molecule has 5 heteroatoms. The first-order valence-electron chi connectivity index (χ1n) is 6.94. The highest BCUT2D eigenvalue weighted by Gasteiger charge is 2.04. The fourth-order valence-corrected chi connectivity index (χ4v) is 2.35. The molecule has 0 spiro atoms. The van der Waals surface area contributed by atoms with Crippen LogP contribution >= 0.6 is 0 Å². The van der Waals surface area contributed by atoms with Crippen molar-refractivity contribution in [2.45, 2.75) is 6.61 Å². The van der Waals surface area contributed by atoms with Gasteiger partial charge < -0.3 is 14.5 Å². The predicted octanol–water partition coefficient (Wildman–Crippen LogP) is 3.22. The lowest BCUT2D eigenvalue weighted by molar-refractivity contribution is 0.0362. The van der Waals surface area contributed by atoms with Gasteiger partial charge in [0.05, 0.1) is 26.4 Å².